The molecule has 5 amide bonds. The van der Waals surface area contributed by atoms with Crippen molar-refractivity contribution in [1.29, 1.82) is 0 Å². The molecule has 354 valence electrons. The average molecular weight is 913 g/mol. The number of rotatable bonds is 13. The standard InChI is InChI=1S/C52H64N8O7/c1-31(2)44(56-50(64)66-8)48(62)58-28-10-12-42(58)46-53-30-39(55-46)33-14-16-34(17-15-33)40-26-27-41(60(40)38-24-20-36(21-25-38)52(5,6)7)35-18-22-37(23-19-35)54-47(61)43-13-11-29-59(43)49(63)45(32(3)4)57-51(65)67-9/h14-27,30-32,42-45H,10-13,28-29H2,1-9H3,(H,53,55)(H,54,61)(H,56,64)(H,57,65)/t42-,43-,44?,45?/m0/s1. The van der Waals surface area contributed by atoms with Gasteiger partial charge in [-0.3, -0.25) is 14.4 Å². The highest BCUT2D eigenvalue weighted by atomic mass is 16.5. The number of hydrogen-bond acceptors (Lipinski definition) is 8. The van der Waals surface area contributed by atoms with Gasteiger partial charge in [0.25, 0.3) is 0 Å². The number of hydrogen-bond donors (Lipinski definition) is 4. The number of nitrogens with one attached hydrogen (secondary N) is 4. The van der Waals surface area contributed by atoms with E-state index in [2.05, 4.69) is 107 Å². The molecule has 2 aliphatic rings. The Labute approximate surface area is 393 Å². The third kappa shape index (κ3) is 10.6. The maximum atomic E-state index is 13.7. The number of carbonyl (C=O) groups is 5. The molecule has 4 atom stereocenters. The van der Waals surface area contributed by atoms with Crippen LogP contribution in [0.25, 0.3) is 39.5 Å². The summed E-state index contributed by atoms with van der Waals surface area (Å²) in [4.78, 5) is 76.7. The van der Waals surface area contributed by atoms with E-state index in [4.69, 9.17) is 14.5 Å². The molecule has 67 heavy (non-hydrogen) atoms. The number of ether oxygens (including phenoxy) is 2. The number of aromatic amines is 1. The summed E-state index contributed by atoms with van der Waals surface area (Å²) in [6.45, 7) is 15.1. The van der Waals surface area contributed by atoms with Crippen LogP contribution in [0.5, 0.6) is 0 Å². The molecule has 2 aliphatic heterocycles. The average Bonchev–Trinajstić information content (AvgIpc) is 4.16. The molecule has 3 aromatic carbocycles. The fraction of sp³-hybridized carbons (Fsp3) is 0.423. The Bertz CT molecular complexity index is 2560. The number of aromatic nitrogens is 3. The lowest BCUT2D eigenvalue weighted by atomic mass is 9.87. The summed E-state index contributed by atoms with van der Waals surface area (Å²) in [6, 6.07) is 26.4. The molecule has 2 fully saturated rings. The number of H-pyrrole nitrogens is 1. The van der Waals surface area contributed by atoms with E-state index < -0.39 is 30.3 Å². The van der Waals surface area contributed by atoms with Gasteiger partial charge in [0.15, 0.2) is 0 Å². The van der Waals surface area contributed by atoms with Gasteiger partial charge in [0.2, 0.25) is 17.7 Å². The maximum absolute atomic E-state index is 13.7. The van der Waals surface area contributed by atoms with Gasteiger partial charge >= 0.3 is 12.2 Å². The van der Waals surface area contributed by atoms with Crippen molar-refractivity contribution in [2.45, 2.75) is 104 Å². The molecule has 0 aliphatic carbocycles. The zero-order chi connectivity index (χ0) is 48.2. The van der Waals surface area contributed by atoms with Crippen molar-refractivity contribution in [2.24, 2.45) is 11.8 Å². The lowest BCUT2D eigenvalue weighted by Crippen LogP contribution is -2.54. The molecule has 0 saturated carbocycles. The van der Waals surface area contributed by atoms with Crippen molar-refractivity contribution in [2.75, 3.05) is 32.6 Å². The van der Waals surface area contributed by atoms with E-state index in [1.807, 2.05) is 52.0 Å². The summed E-state index contributed by atoms with van der Waals surface area (Å²) in [6.07, 6.45) is 3.26. The van der Waals surface area contributed by atoms with Crippen LogP contribution >= 0.6 is 0 Å². The van der Waals surface area contributed by atoms with Crippen molar-refractivity contribution in [3.63, 3.8) is 0 Å². The minimum absolute atomic E-state index is 0.0216. The highest BCUT2D eigenvalue weighted by Crippen LogP contribution is 2.37. The predicted octanol–water partition coefficient (Wildman–Crippen LogP) is 8.85. The summed E-state index contributed by atoms with van der Waals surface area (Å²) < 4.78 is 11.8. The first-order valence-corrected chi connectivity index (χ1v) is 23.2. The van der Waals surface area contributed by atoms with Crippen LogP contribution in [-0.4, -0.2) is 99.7 Å². The van der Waals surface area contributed by atoms with Crippen LogP contribution in [0.4, 0.5) is 15.3 Å². The van der Waals surface area contributed by atoms with Crippen LogP contribution in [0.1, 0.15) is 91.6 Å². The zero-order valence-electron chi connectivity index (χ0n) is 40.0. The van der Waals surface area contributed by atoms with Crippen LogP contribution in [0.15, 0.2) is 91.1 Å². The van der Waals surface area contributed by atoms with Crippen LogP contribution in [0.2, 0.25) is 0 Å². The second kappa shape index (κ2) is 20.3. The summed E-state index contributed by atoms with van der Waals surface area (Å²) in [5.41, 5.74) is 8.46. The van der Waals surface area contributed by atoms with Crippen molar-refractivity contribution >= 4 is 35.6 Å². The van der Waals surface area contributed by atoms with Crippen LogP contribution in [-0.2, 0) is 29.3 Å². The van der Waals surface area contributed by atoms with E-state index in [0.717, 1.165) is 52.3 Å². The Morgan fingerprint density at radius 2 is 1.18 bits per heavy atom. The smallest absolute Gasteiger partial charge is 0.407 e. The Morgan fingerprint density at radius 3 is 1.72 bits per heavy atom. The third-order valence-electron chi connectivity index (χ3n) is 12.9. The normalized spacial score (nSPS) is 17.1. The van der Waals surface area contributed by atoms with Crippen molar-refractivity contribution in [3.05, 3.63) is 103 Å². The van der Waals surface area contributed by atoms with Crippen LogP contribution in [0, 0.1) is 11.8 Å². The molecular formula is C52H64N8O7. The number of alkyl carbamates (subject to hydrolysis) is 2. The van der Waals surface area contributed by atoms with Crippen molar-refractivity contribution in [1.82, 2.24) is 35.0 Å². The lowest BCUT2D eigenvalue weighted by molar-refractivity contribution is -0.139. The van der Waals surface area contributed by atoms with E-state index in [9.17, 15) is 24.0 Å². The highest BCUT2D eigenvalue weighted by Gasteiger charge is 2.40. The number of nitrogens with zero attached hydrogens (tertiary/aromatic N) is 4. The van der Waals surface area contributed by atoms with E-state index in [1.165, 1.54) is 19.8 Å². The Balaban J connectivity index is 1.12. The number of benzene rings is 3. The quantitative estimate of drug-likeness (QED) is 0.0905. The first-order chi connectivity index (χ1) is 32.0. The number of methoxy groups -OCH3 is 2. The molecule has 0 bridgehead atoms. The van der Waals surface area contributed by atoms with E-state index in [1.54, 1.807) is 16.0 Å². The Morgan fingerprint density at radius 1 is 0.672 bits per heavy atom. The molecule has 15 heteroatoms. The van der Waals surface area contributed by atoms with Gasteiger partial charge in [0.1, 0.15) is 23.9 Å². The molecule has 0 spiro atoms. The lowest BCUT2D eigenvalue weighted by Gasteiger charge is -2.30. The van der Waals surface area contributed by atoms with E-state index in [-0.39, 0.29) is 41.0 Å². The van der Waals surface area contributed by atoms with Gasteiger partial charge in [-0.1, -0.05) is 97.0 Å². The van der Waals surface area contributed by atoms with Gasteiger partial charge in [0.05, 0.1) is 43.5 Å². The van der Waals surface area contributed by atoms with Crippen molar-refractivity contribution in [3.8, 4) is 39.5 Å². The zero-order valence-corrected chi connectivity index (χ0v) is 40.0. The van der Waals surface area contributed by atoms with E-state index in [0.29, 0.717) is 37.4 Å². The monoisotopic (exact) mass is 912 g/mol. The van der Waals surface area contributed by atoms with Gasteiger partial charge in [-0.05, 0) is 102 Å². The first-order valence-electron chi connectivity index (χ1n) is 23.2. The highest BCUT2D eigenvalue weighted by molar-refractivity contribution is 5.99. The second-order valence-corrected chi connectivity index (χ2v) is 19.2. The number of carbonyl (C=O) groups excluding carboxylic acids is 5. The molecule has 2 unspecified atom stereocenters. The minimum Gasteiger partial charge on any atom is -0.453 e. The molecule has 7 rings (SSSR count). The largest absolute Gasteiger partial charge is 0.453 e. The summed E-state index contributed by atoms with van der Waals surface area (Å²) in [7, 11) is 2.54. The van der Waals surface area contributed by atoms with Crippen LogP contribution in [0.3, 0.4) is 0 Å². The fourth-order valence-corrected chi connectivity index (χ4v) is 9.07. The SMILES string of the molecule is COC(=O)NC(C(=O)N1CCC[C@H]1C(=O)Nc1ccc(-c2ccc(-c3ccc(-c4cnc([C@@H]5CCCN5C(=O)C(NC(=O)OC)C(C)C)[nH]4)cc3)n2-c2ccc(C(C)(C)C)cc2)cc1)C(C)C. The van der Waals surface area contributed by atoms with Gasteiger partial charge in [-0.25, -0.2) is 14.6 Å². The van der Waals surface area contributed by atoms with Crippen LogP contribution < -0.4 is 16.0 Å². The van der Waals surface area contributed by atoms with Gasteiger partial charge < -0.3 is 44.8 Å². The Kier molecular flexibility index (Phi) is 14.6. The maximum Gasteiger partial charge on any atom is 0.407 e. The van der Waals surface area contributed by atoms with Gasteiger partial charge in [-0.2, -0.15) is 0 Å². The molecule has 2 saturated heterocycles. The molecular weight excluding hydrogens is 849 g/mol. The van der Waals surface area contributed by atoms with E-state index >= 15 is 0 Å². The minimum atomic E-state index is -0.815. The molecule has 5 aromatic rings. The second-order valence-electron chi connectivity index (χ2n) is 19.2. The summed E-state index contributed by atoms with van der Waals surface area (Å²) in [5.74, 6) is -0.367. The topological polar surface area (TPSA) is 180 Å². The molecule has 4 N–H and O–H groups in total. The summed E-state index contributed by atoms with van der Waals surface area (Å²) in [5, 5.41) is 8.37. The predicted molar refractivity (Wildman–Crippen MR) is 258 cm³/mol. The molecule has 0 radical (unpaired) electrons. The number of amides is 5. The molecule has 15 nitrogen and oxygen atoms in total. The third-order valence-corrected chi connectivity index (χ3v) is 12.9. The molecule has 2 aromatic heterocycles. The Hall–Kier alpha value is -6.90. The van der Waals surface area contributed by atoms with Gasteiger partial charge in [0, 0.05) is 24.5 Å². The number of anilines is 1. The van der Waals surface area contributed by atoms with Crippen molar-refractivity contribution < 1.29 is 33.4 Å². The summed E-state index contributed by atoms with van der Waals surface area (Å²) >= 11 is 0. The number of imidazole rings is 1. The fourth-order valence-electron chi connectivity index (χ4n) is 9.07. The van der Waals surface area contributed by atoms with Gasteiger partial charge in [-0.15, -0.1) is 0 Å². The molecule has 4 heterocycles. The first kappa shape index (κ1) is 48.0. The number of likely N-dealkylation sites (tertiary alicyclic amines) is 2.